The monoisotopic (exact) mass is 490 g/mol. The van der Waals surface area contributed by atoms with Crippen molar-refractivity contribution in [2.75, 3.05) is 10.5 Å². The van der Waals surface area contributed by atoms with Crippen LogP contribution in [0.1, 0.15) is 34.8 Å². The van der Waals surface area contributed by atoms with Gasteiger partial charge in [-0.2, -0.15) is 0 Å². The van der Waals surface area contributed by atoms with E-state index in [2.05, 4.69) is 15.3 Å². The van der Waals surface area contributed by atoms with Crippen LogP contribution in [-0.2, 0) is 10.0 Å². The first-order valence-electron chi connectivity index (χ1n) is 9.85. The molecule has 0 aliphatic heterocycles. The molecule has 1 aromatic carbocycles. The highest BCUT2D eigenvalue weighted by Crippen LogP contribution is 2.28. The van der Waals surface area contributed by atoms with Crippen LogP contribution in [0.15, 0.2) is 36.8 Å². The van der Waals surface area contributed by atoms with E-state index in [0.29, 0.717) is 5.56 Å². The SMILES string of the molecule is CCCS(=O)(=O)Nc1ccc(F)c(C(=O)c2c[nH]c3ncc(/C(C=N)=C/NC(N)=O)cc23)c1F. The average Bonchev–Trinajstić information content (AvgIpc) is 3.19. The van der Waals surface area contributed by atoms with Crippen molar-refractivity contribution in [2.45, 2.75) is 13.3 Å². The number of carbonyl (C=O) groups excluding carboxylic acids is 2. The van der Waals surface area contributed by atoms with E-state index in [0.717, 1.165) is 24.5 Å². The molecular formula is C21H20F2N6O4S. The second-order valence-electron chi connectivity index (χ2n) is 7.11. The molecule has 10 nitrogen and oxygen atoms in total. The number of carbonyl (C=O) groups is 2. The van der Waals surface area contributed by atoms with E-state index in [1.807, 2.05) is 4.72 Å². The summed E-state index contributed by atoms with van der Waals surface area (Å²) in [6.07, 6.45) is 4.93. The summed E-state index contributed by atoms with van der Waals surface area (Å²) in [5.74, 6) is -3.86. The summed E-state index contributed by atoms with van der Waals surface area (Å²) in [5, 5.41) is 9.93. The lowest BCUT2D eigenvalue weighted by molar-refractivity contribution is 0.103. The zero-order valence-corrected chi connectivity index (χ0v) is 18.6. The van der Waals surface area contributed by atoms with Gasteiger partial charge in [0, 0.05) is 46.9 Å². The fraction of sp³-hybridized carbons (Fsp3) is 0.143. The number of H-pyrrole nitrogens is 1. The predicted octanol–water partition coefficient (Wildman–Crippen LogP) is 2.88. The van der Waals surface area contributed by atoms with E-state index in [1.165, 1.54) is 18.5 Å². The number of anilines is 1. The lowest BCUT2D eigenvalue weighted by atomic mass is 10.00. The van der Waals surface area contributed by atoms with Crippen LogP contribution in [0.2, 0.25) is 0 Å². The number of nitrogens with two attached hydrogens (primary N) is 1. The highest BCUT2D eigenvalue weighted by molar-refractivity contribution is 7.92. The Morgan fingerprint density at radius 1 is 1.29 bits per heavy atom. The van der Waals surface area contributed by atoms with Gasteiger partial charge in [0.2, 0.25) is 15.8 Å². The number of nitrogens with one attached hydrogen (secondary N) is 4. The quantitative estimate of drug-likeness (QED) is 0.229. The number of halogens is 2. The highest BCUT2D eigenvalue weighted by atomic mass is 32.2. The number of primary amides is 1. The van der Waals surface area contributed by atoms with Crippen LogP contribution < -0.4 is 15.8 Å². The summed E-state index contributed by atoms with van der Waals surface area (Å²) in [5.41, 5.74) is 4.12. The minimum atomic E-state index is -3.89. The Morgan fingerprint density at radius 2 is 2.03 bits per heavy atom. The van der Waals surface area contributed by atoms with Crippen LogP contribution in [-0.4, -0.2) is 42.2 Å². The molecule has 0 aliphatic carbocycles. The molecule has 13 heteroatoms. The number of aromatic amines is 1. The minimum Gasteiger partial charge on any atom is -0.351 e. The molecule has 0 saturated heterocycles. The molecule has 34 heavy (non-hydrogen) atoms. The normalized spacial score (nSPS) is 11.9. The maximum Gasteiger partial charge on any atom is 0.316 e. The van der Waals surface area contributed by atoms with Gasteiger partial charge in [-0.05, 0) is 24.6 Å². The Balaban J connectivity index is 2.08. The lowest BCUT2D eigenvalue weighted by Gasteiger charge is -2.11. The number of sulfonamides is 1. The Hall–Kier alpha value is -4.13. The second-order valence-corrected chi connectivity index (χ2v) is 8.95. The van der Waals surface area contributed by atoms with Crippen molar-refractivity contribution in [2.24, 2.45) is 5.73 Å². The smallest absolute Gasteiger partial charge is 0.316 e. The largest absolute Gasteiger partial charge is 0.351 e. The third-order valence-corrected chi connectivity index (χ3v) is 6.17. The van der Waals surface area contributed by atoms with Crippen molar-refractivity contribution in [3.05, 3.63) is 65.1 Å². The number of nitrogens with zero attached hydrogens (tertiary/aromatic N) is 1. The number of hydrogen-bond acceptors (Lipinski definition) is 6. The van der Waals surface area contributed by atoms with E-state index < -0.39 is 44.7 Å². The number of rotatable bonds is 9. The molecule has 0 bridgehead atoms. The van der Waals surface area contributed by atoms with Crippen LogP contribution in [0.25, 0.3) is 16.6 Å². The van der Waals surface area contributed by atoms with Crippen LogP contribution in [0, 0.1) is 17.0 Å². The van der Waals surface area contributed by atoms with Crippen LogP contribution in [0.5, 0.6) is 0 Å². The third-order valence-electron chi connectivity index (χ3n) is 4.69. The van der Waals surface area contributed by atoms with Crippen molar-refractivity contribution >= 4 is 50.3 Å². The standard InChI is InChI=1S/C21H20F2N6O4S/c1-2-5-34(32,33)29-16-4-3-15(22)17(18(16)23)19(30)14-10-27-20-13(14)6-11(8-26-20)12(7-24)9-28-21(25)31/h3-4,6-10,24,29H,2,5H2,1H3,(H,26,27)(H3,25,28,31)/b12-9+,24-7?. The van der Waals surface area contributed by atoms with Gasteiger partial charge in [0.25, 0.3) is 0 Å². The molecule has 2 aromatic heterocycles. The molecule has 0 radical (unpaired) electrons. The molecule has 2 amide bonds. The maximum absolute atomic E-state index is 15.1. The van der Waals surface area contributed by atoms with E-state index in [4.69, 9.17) is 11.1 Å². The molecule has 3 rings (SSSR count). The molecule has 6 N–H and O–H groups in total. The number of pyridine rings is 1. The van der Waals surface area contributed by atoms with Crippen molar-refractivity contribution in [1.82, 2.24) is 15.3 Å². The van der Waals surface area contributed by atoms with Gasteiger partial charge in [-0.15, -0.1) is 0 Å². The molecular weight excluding hydrogens is 470 g/mol. The van der Waals surface area contributed by atoms with Gasteiger partial charge in [0.15, 0.2) is 5.82 Å². The fourth-order valence-electron chi connectivity index (χ4n) is 3.17. The average molecular weight is 490 g/mol. The molecule has 0 unspecified atom stereocenters. The van der Waals surface area contributed by atoms with E-state index in [9.17, 15) is 22.4 Å². The number of allylic oxidation sites excluding steroid dienone is 1. The Labute approximate surface area is 192 Å². The first-order valence-corrected chi connectivity index (χ1v) is 11.5. The second kappa shape index (κ2) is 9.79. The van der Waals surface area contributed by atoms with E-state index in [1.54, 1.807) is 6.92 Å². The molecule has 3 aromatic rings. The number of benzene rings is 1. The summed E-state index contributed by atoms with van der Waals surface area (Å²) >= 11 is 0. The maximum atomic E-state index is 15.1. The molecule has 0 saturated carbocycles. The molecule has 0 aliphatic rings. The van der Waals surface area contributed by atoms with Gasteiger partial charge < -0.3 is 21.4 Å². The van der Waals surface area contributed by atoms with Gasteiger partial charge in [0.1, 0.15) is 11.5 Å². The van der Waals surface area contributed by atoms with Crippen LogP contribution in [0.4, 0.5) is 19.3 Å². The van der Waals surface area contributed by atoms with Gasteiger partial charge in [-0.25, -0.2) is 27.0 Å². The Kier molecular flexibility index (Phi) is 7.05. The van der Waals surface area contributed by atoms with Gasteiger partial charge >= 0.3 is 6.03 Å². The lowest BCUT2D eigenvalue weighted by Crippen LogP contribution is -2.24. The Bertz CT molecular complexity index is 1430. The van der Waals surface area contributed by atoms with Crippen molar-refractivity contribution in [1.29, 1.82) is 5.41 Å². The molecule has 2 heterocycles. The van der Waals surface area contributed by atoms with Crippen molar-refractivity contribution < 1.29 is 26.8 Å². The summed E-state index contributed by atoms with van der Waals surface area (Å²) in [6.45, 7) is 1.62. The first kappa shape index (κ1) is 24.5. The zero-order chi connectivity index (χ0) is 25.0. The number of urea groups is 1. The topological polar surface area (TPSA) is 171 Å². The summed E-state index contributed by atoms with van der Waals surface area (Å²) in [7, 11) is -3.89. The fourth-order valence-corrected chi connectivity index (χ4v) is 4.30. The van der Waals surface area contributed by atoms with E-state index >= 15 is 4.39 Å². The van der Waals surface area contributed by atoms with Crippen LogP contribution in [0.3, 0.4) is 0 Å². The summed E-state index contributed by atoms with van der Waals surface area (Å²) < 4.78 is 55.7. The third kappa shape index (κ3) is 5.09. The van der Waals surface area contributed by atoms with Gasteiger partial charge in [-0.1, -0.05) is 6.92 Å². The predicted molar refractivity (Wildman–Crippen MR) is 123 cm³/mol. The number of hydrogen-bond donors (Lipinski definition) is 5. The minimum absolute atomic E-state index is 0.136. The molecule has 0 spiro atoms. The van der Waals surface area contributed by atoms with Crippen LogP contribution >= 0.6 is 0 Å². The molecule has 0 fully saturated rings. The summed E-state index contributed by atoms with van der Waals surface area (Å²) in [6, 6.07) is 2.28. The number of aromatic nitrogens is 2. The Morgan fingerprint density at radius 3 is 2.68 bits per heavy atom. The number of amides is 2. The highest BCUT2D eigenvalue weighted by Gasteiger charge is 2.26. The van der Waals surface area contributed by atoms with Gasteiger partial charge in [0.05, 0.1) is 17.0 Å². The van der Waals surface area contributed by atoms with Crippen molar-refractivity contribution in [3.63, 3.8) is 0 Å². The van der Waals surface area contributed by atoms with Gasteiger partial charge in [-0.3, -0.25) is 9.52 Å². The summed E-state index contributed by atoms with van der Waals surface area (Å²) in [4.78, 5) is 30.9. The number of ketones is 1. The molecule has 0 atom stereocenters. The first-order chi connectivity index (χ1) is 16.1. The number of fused-ring (bicyclic) bond motifs is 1. The van der Waals surface area contributed by atoms with E-state index in [-0.39, 0.29) is 34.3 Å². The van der Waals surface area contributed by atoms with Crippen molar-refractivity contribution in [3.8, 4) is 0 Å². The zero-order valence-electron chi connectivity index (χ0n) is 17.8. The molecule has 178 valence electrons.